The van der Waals surface area contributed by atoms with Crippen LogP contribution in [0.4, 0.5) is 0 Å². The number of amides is 1. The van der Waals surface area contributed by atoms with Crippen molar-refractivity contribution < 1.29 is 19.0 Å². The Labute approximate surface area is 161 Å². The van der Waals surface area contributed by atoms with E-state index >= 15 is 0 Å². The molecule has 0 radical (unpaired) electrons. The molecular weight excluding hydrogens is 342 g/mol. The van der Waals surface area contributed by atoms with Gasteiger partial charge in [0.1, 0.15) is 12.4 Å². The highest BCUT2D eigenvalue weighted by Crippen LogP contribution is 2.27. The third kappa shape index (κ3) is 6.51. The van der Waals surface area contributed by atoms with E-state index in [0.29, 0.717) is 43.4 Å². The Morgan fingerprint density at radius 1 is 1.00 bits per heavy atom. The highest BCUT2D eigenvalue weighted by atomic mass is 16.5. The first-order valence-electron chi connectivity index (χ1n) is 9.24. The summed E-state index contributed by atoms with van der Waals surface area (Å²) >= 11 is 0. The summed E-state index contributed by atoms with van der Waals surface area (Å²) < 4.78 is 16.2. The van der Waals surface area contributed by atoms with Crippen LogP contribution in [-0.2, 0) is 11.2 Å². The molecule has 0 aliphatic carbocycles. The molecule has 5 heteroatoms. The number of aryl methyl sites for hydroxylation is 1. The third-order valence-electron chi connectivity index (χ3n) is 4.33. The fraction of sp³-hybridized carbons (Fsp3) is 0.409. The standard InChI is InChI=1S/C22H29NO4/c1-16(2)18-7-9-19(10-8-18)27-14-13-23-22(24)12-6-17-5-11-20(25-3)21(15-17)26-4/h5,7-11,15-16H,6,12-14H2,1-4H3,(H,23,24). The number of hydrogen-bond donors (Lipinski definition) is 1. The number of nitrogens with one attached hydrogen (secondary N) is 1. The number of carbonyl (C=O) groups is 1. The van der Waals surface area contributed by atoms with E-state index in [2.05, 4.69) is 31.3 Å². The van der Waals surface area contributed by atoms with E-state index in [1.807, 2.05) is 30.3 Å². The van der Waals surface area contributed by atoms with E-state index in [9.17, 15) is 4.79 Å². The second-order valence-corrected chi connectivity index (χ2v) is 6.61. The molecule has 146 valence electrons. The zero-order chi connectivity index (χ0) is 19.6. The molecule has 0 aliphatic rings. The molecule has 0 spiro atoms. The molecule has 0 saturated carbocycles. The first kappa shape index (κ1) is 20.6. The van der Waals surface area contributed by atoms with Crippen LogP contribution in [0.2, 0.25) is 0 Å². The molecule has 1 amide bonds. The van der Waals surface area contributed by atoms with Gasteiger partial charge in [-0.1, -0.05) is 32.0 Å². The van der Waals surface area contributed by atoms with Gasteiger partial charge in [-0.15, -0.1) is 0 Å². The second-order valence-electron chi connectivity index (χ2n) is 6.61. The maximum atomic E-state index is 12.0. The highest BCUT2D eigenvalue weighted by molar-refractivity contribution is 5.76. The maximum Gasteiger partial charge on any atom is 0.220 e. The summed E-state index contributed by atoms with van der Waals surface area (Å²) in [5.41, 5.74) is 2.31. The lowest BCUT2D eigenvalue weighted by Gasteiger charge is -2.11. The van der Waals surface area contributed by atoms with E-state index < -0.39 is 0 Å². The monoisotopic (exact) mass is 371 g/mol. The molecule has 2 aromatic carbocycles. The summed E-state index contributed by atoms with van der Waals surface area (Å²) in [6.07, 6.45) is 1.06. The number of hydrogen-bond acceptors (Lipinski definition) is 4. The predicted molar refractivity (Wildman–Crippen MR) is 107 cm³/mol. The normalized spacial score (nSPS) is 10.6. The lowest BCUT2D eigenvalue weighted by atomic mass is 10.0. The number of methoxy groups -OCH3 is 2. The largest absolute Gasteiger partial charge is 0.493 e. The van der Waals surface area contributed by atoms with Crippen molar-refractivity contribution in [3.05, 3.63) is 53.6 Å². The zero-order valence-electron chi connectivity index (χ0n) is 16.6. The number of benzene rings is 2. The topological polar surface area (TPSA) is 56.8 Å². The quantitative estimate of drug-likeness (QED) is 0.643. The van der Waals surface area contributed by atoms with Crippen LogP contribution in [-0.4, -0.2) is 33.3 Å². The Bertz CT molecular complexity index is 726. The van der Waals surface area contributed by atoms with E-state index in [1.165, 1.54) is 5.56 Å². The highest BCUT2D eigenvalue weighted by Gasteiger charge is 2.07. The minimum absolute atomic E-state index is 0.00328. The lowest BCUT2D eigenvalue weighted by molar-refractivity contribution is -0.121. The molecule has 27 heavy (non-hydrogen) atoms. The molecule has 5 nitrogen and oxygen atoms in total. The Morgan fingerprint density at radius 2 is 1.70 bits per heavy atom. The SMILES string of the molecule is COc1ccc(CCC(=O)NCCOc2ccc(C(C)C)cc2)cc1OC. The molecule has 0 heterocycles. The van der Waals surface area contributed by atoms with Gasteiger partial charge in [0.15, 0.2) is 11.5 Å². The zero-order valence-corrected chi connectivity index (χ0v) is 16.6. The molecule has 0 bridgehead atoms. The van der Waals surface area contributed by atoms with Crippen LogP contribution in [0.15, 0.2) is 42.5 Å². The molecular formula is C22H29NO4. The van der Waals surface area contributed by atoms with Crippen molar-refractivity contribution in [2.24, 2.45) is 0 Å². The first-order chi connectivity index (χ1) is 13.0. The Morgan fingerprint density at radius 3 is 2.33 bits per heavy atom. The summed E-state index contributed by atoms with van der Waals surface area (Å²) in [6, 6.07) is 13.8. The van der Waals surface area contributed by atoms with Gasteiger partial charge in [-0.05, 0) is 47.7 Å². The molecule has 0 atom stereocenters. The van der Waals surface area contributed by atoms with Crippen LogP contribution in [0.5, 0.6) is 17.2 Å². The molecule has 1 N–H and O–H groups in total. The third-order valence-corrected chi connectivity index (χ3v) is 4.33. The molecule has 0 aliphatic heterocycles. The van der Waals surface area contributed by atoms with E-state index in [0.717, 1.165) is 11.3 Å². The fourth-order valence-corrected chi connectivity index (χ4v) is 2.69. The maximum absolute atomic E-state index is 12.0. The van der Waals surface area contributed by atoms with Crippen molar-refractivity contribution in [1.29, 1.82) is 0 Å². The van der Waals surface area contributed by atoms with Gasteiger partial charge >= 0.3 is 0 Å². The molecule has 2 rings (SSSR count). The minimum atomic E-state index is 0.00328. The molecule has 2 aromatic rings. The summed E-state index contributed by atoms with van der Waals surface area (Å²) in [4.78, 5) is 12.0. The number of ether oxygens (including phenoxy) is 3. The van der Waals surface area contributed by atoms with Crippen molar-refractivity contribution in [3.63, 3.8) is 0 Å². The van der Waals surface area contributed by atoms with Gasteiger partial charge in [0.25, 0.3) is 0 Å². The predicted octanol–water partition coefficient (Wildman–Crippen LogP) is 3.96. The second kappa shape index (κ2) is 10.5. The lowest BCUT2D eigenvalue weighted by Crippen LogP contribution is -2.28. The Hall–Kier alpha value is -2.69. The molecule has 0 aromatic heterocycles. The van der Waals surface area contributed by atoms with Crippen LogP contribution in [0.3, 0.4) is 0 Å². The van der Waals surface area contributed by atoms with Gasteiger partial charge in [-0.2, -0.15) is 0 Å². The van der Waals surface area contributed by atoms with Crippen LogP contribution >= 0.6 is 0 Å². The van der Waals surface area contributed by atoms with Gasteiger partial charge in [0, 0.05) is 6.42 Å². The van der Waals surface area contributed by atoms with Gasteiger partial charge < -0.3 is 19.5 Å². The van der Waals surface area contributed by atoms with Gasteiger partial charge in [-0.3, -0.25) is 4.79 Å². The van der Waals surface area contributed by atoms with Crippen molar-refractivity contribution in [3.8, 4) is 17.2 Å². The van der Waals surface area contributed by atoms with E-state index in [-0.39, 0.29) is 5.91 Å². The molecule has 0 fully saturated rings. The van der Waals surface area contributed by atoms with E-state index in [4.69, 9.17) is 14.2 Å². The van der Waals surface area contributed by atoms with Crippen LogP contribution < -0.4 is 19.5 Å². The Balaban J connectivity index is 1.69. The first-order valence-corrected chi connectivity index (χ1v) is 9.24. The van der Waals surface area contributed by atoms with E-state index in [1.54, 1.807) is 14.2 Å². The molecule has 0 saturated heterocycles. The minimum Gasteiger partial charge on any atom is -0.493 e. The smallest absolute Gasteiger partial charge is 0.220 e. The molecule has 0 unspecified atom stereocenters. The van der Waals surface area contributed by atoms with Crippen molar-refractivity contribution >= 4 is 5.91 Å². The van der Waals surface area contributed by atoms with Gasteiger partial charge in [-0.25, -0.2) is 0 Å². The van der Waals surface area contributed by atoms with Gasteiger partial charge in [0.05, 0.1) is 20.8 Å². The fourth-order valence-electron chi connectivity index (χ4n) is 2.69. The average Bonchev–Trinajstić information content (AvgIpc) is 2.69. The van der Waals surface area contributed by atoms with Crippen LogP contribution in [0, 0.1) is 0 Å². The van der Waals surface area contributed by atoms with Crippen LogP contribution in [0.1, 0.15) is 37.3 Å². The Kier molecular flexibility index (Phi) is 7.99. The van der Waals surface area contributed by atoms with Crippen molar-refractivity contribution in [2.75, 3.05) is 27.4 Å². The average molecular weight is 371 g/mol. The summed E-state index contributed by atoms with van der Waals surface area (Å²) in [5.74, 6) is 2.68. The summed E-state index contributed by atoms with van der Waals surface area (Å²) in [6.45, 7) is 5.25. The summed E-state index contributed by atoms with van der Waals surface area (Å²) in [7, 11) is 3.20. The van der Waals surface area contributed by atoms with Gasteiger partial charge in [0.2, 0.25) is 5.91 Å². The number of rotatable bonds is 10. The van der Waals surface area contributed by atoms with Crippen molar-refractivity contribution in [2.45, 2.75) is 32.6 Å². The van der Waals surface area contributed by atoms with Crippen molar-refractivity contribution in [1.82, 2.24) is 5.32 Å². The van der Waals surface area contributed by atoms with Crippen LogP contribution in [0.25, 0.3) is 0 Å². The number of carbonyl (C=O) groups excluding carboxylic acids is 1. The summed E-state index contributed by atoms with van der Waals surface area (Å²) in [5, 5.41) is 2.88.